The zero-order valence-corrected chi connectivity index (χ0v) is 16.0. The summed E-state index contributed by atoms with van der Waals surface area (Å²) in [4.78, 5) is 13.9. The maximum atomic E-state index is 12.7. The smallest absolute Gasteiger partial charge is 0.266 e. The predicted molar refractivity (Wildman–Crippen MR) is 112 cm³/mol. The van der Waals surface area contributed by atoms with Crippen molar-refractivity contribution in [2.75, 3.05) is 5.32 Å². The standard InChI is InChI=1S/C23H17N3OS/c24-13-18(12-15-9-10-16-5-1-2-6-17(16)11-15)22(27)26-23-20(14-25)19-7-3-4-8-21(19)28-23/h1-2,5-6,9-12H,3-4,7-8H2,(H,26,27)/b18-12+. The van der Waals surface area contributed by atoms with Crippen molar-refractivity contribution in [1.82, 2.24) is 0 Å². The minimum Gasteiger partial charge on any atom is -0.312 e. The fraction of sp³-hybridized carbons (Fsp3) is 0.174. The number of fused-ring (bicyclic) bond motifs is 2. The lowest BCUT2D eigenvalue weighted by atomic mass is 9.96. The summed E-state index contributed by atoms with van der Waals surface area (Å²) in [5, 5.41) is 24.5. The molecule has 0 bridgehead atoms. The first-order chi connectivity index (χ1) is 13.7. The number of rotatable bonds is 3. The van der Waals surface area contributed by atoms with Gasteiger partial charge in [0.1, 0.15) is 22.7 Å². The molecule has 1 aliphatic carbocycles. The molecule has 1 amide bonds. The molecule has 1 aliphatic rings. The van der Waals surface area contributed by atoms with Gasteiger partial charge in [-0.3, -0.25) is 4.79 Å². The molecule has 0 spiro atoms. The molecule has 0 atom stereocenters. The Hall–Kier alpha value is -3.41. The highest BCUT2D eigenvalue weighted by Crippen LogP contribution is 2.37. The van der Waals surface area contributed by atoms with E-state index in [1.54, 1.807) is 6.08 Å². The Bertz CT molecular complexity index is 1190. The third-order valence-electron chi connectivity index (χ3n) is 4.96. The summed E-state index contributed by atoms with van der Waals surface area (Å²) < 4.78 is 0. The summed E-state index contributed by atoms with van der Waals surface area (Å²) in [5.74, 6) is -0.481. The van der Waals surface area contributed by atoms with E-state index in [4.69, 9.17) is 0 Å². The highest BCUT2D eigenvalue weighted by atomic mass is 32.1. The van der Waals surface area contributed by atoms with Gasteiger partial charge >= 0.3 is 0 Å². The lowest BCUT2D eigenvalue weighted by Crippen LogP contribution is -2.13. The Labute approximate surface area is 167 Å². The molecule has 0 fully saturated rings. The van der Waals surface area contributed by atoms with Crippen molar-refractivity contribution in [3.8, 4) is 12.1 Å². The lowest BCUT2D eigenvalue weighted by molar-refractivity contribution is -0.112. The van der Waals surface area contributed by atoms with Crippen LogP contribution >= 0.6 is 11.3 Å². The van der Waals surface area contributed by atoms with Gasteiger partial charge in [0.15, 0.2) is 0 Å². The van der Waals surface area contributed by atoms with E-state index in [1.165, 1.54) is 16.2 Å². The monoisotopic (exact) mass is 383 g/mol. The summed E-state index contributed by atoms with van der Waals surface area (Å²) in [6, 6.07) is 18.0. The number of thiophene rings is 1. The Kier molecular flexibility index (Phi) is 4.93. The quantitative estimate of drug-likeness (QED) is 0.499. The molecule has 1 N–H and O–H groups in total. The van der Waals surface area contributed by atoms with Crippen LogP contribution in [0.15, 0.2) is 48.0 Å². The molecule has 136 valence electrons. The molecule has 1 aromatic heterocycles. The van der Waals surface area contributed by atoms with Crippen molar-refractivity contribution < 1.29 is 4.79 Å². The molecule has 0 saturated carbocycles. The number of nitrogens with one attached hydrogen (secondary N) is 1. The van der Waals surface area contributed by atoms with Crippen LogP contribution in [-0.2, 0) is 17.6 Å². The fourth-order valence-corrected chi connectivity index (χ4v) is 4.79. The van der Waals surface area contributed by atoms with Gasteiger partial charge in [0.2, 0.25) is 0 Å². The molecule has 0 aliphatic heterocycles. The maximum absolute atomic E-state index is 12.7. The number of carbonyl (C=O) groups is 1. The topological polar surface area (TPSA) is 76.7 Å². The lowest BCUT2D eigenvalue weighted by Gasteiger charge is -2.09. The van der Waals surface area contributed by atoms with Crippen LogP contribution in [0.2, 0.25) is 0 Å². The average Bonchev–Trinajstić information content (AvgIpc) is 3.08. The van der Waals surface area contributed by atoms with Crippen molar-refractivity contribution in [3.63, 3.8) is 0 Å². The van der Waals surface area contributed by atoms with Crippen LogP contribution < -0.4 is 5.32 Å². The zero-order chi connectivity index (χ0) is 19.5. The third kappa shape index (κ3) is 3.41. The third-order valence-corrected chi connectivity index (χ3v) is 6.17. The van der Waals surface area contributed by atoms with Gasteiger partial charge in [0.05, 0.1) is 5.56 Å². The molecule has 1 heterocycles. The van der Waals surface area contributed by atoms with Gasteiger partial charge in [-0.05, 0) is 59.7 Å². The highest BCUT2D eigenvalue weighted by Gasteiger charge is 2.22. The Morgan fingerprint density at radius 3 is 2.64 bits per heavy atom. The van der Waals surface area contributed by atoms with Crippen molar-refractivity contribution >= 4 is 39.1 Å². The number of nitrogens with zero attached hydrogens (tertiary/aromatic N) is 2. The Morgan fingerprint density at radius 2 is 1.86 bits per heavy atom. The van der Waals surface area contributed by atoms with Gasteiger partial charge in [-0.2, -0.15) is 10.5 Å². The van der Waals surface area contributed by atoms with Crippen molar-refractivity contribution in [2.24, 2.45) is 0 Å². The van der Waals surface area contributed by atoms with Crippen molar-refractivity contribution in [1.29, 1.82) is 10.5 Å². The van der Waals surface area contributed by atoms with E-state index in [9.17, 15) is 15.3 Å². The van der Waals surface area contributed by atoms with Crippen LogP contribution in [0.1, 0.15) is 34.4 Å². The summed E-state index contributed by atoms with van der Waals surface area (Å²) in [6.45, 7) is 0. The Morgan fingerprint density at radius 1 is 1.07 bits per heavy atom. The summed E-state index contributed by atoms with van der Waals surface area (Å²) in [7, 11) is 0. The number of hydrogen-bond donors (Lipinski definition) is 1. The number of benzene rings is 2. The number of aryl methyl sites for hydroxylation is 1. The number of nitriles is 2. The molecule has 3 aromatic rings. The minimum atomic E-state index is -0.481. The maximum Gasteiger partial charge on any atom is 0.266 e. The molecule has 2 aromatic carbocycles. The van der Waals surface area contributed by atoms with Gasteiger partial charge in [-0.1, -0.05) is 36.4 Å². The summed E-state index contributed by atoms with van der Waals surface area (Å²) in [5.41, 5.74) is 2.42. The first-order valence-electron chi connectivity index (χ1n) is 9.16. The van der Waals surface area contributed by atoms with E-state index in [1.807, 2.05) is 48.5 Å². The van der Waals surface area contributed by atoms with Crippen LogP contribution in [0.5, 0.6) is 0 Å². The van der Waals surface area contributed by atoms with E-state index in [-0.39, 0.29) is 5.57 Å². The minimum absolute atomic E-state index is 0.0190. The van der Waals surface area contributed by atoms with E-state index < -0.39 is 5.91 Å². The zero-order valence-electron chi connectivity index (χ0n) is 15.2. The molecular formula is C23H17N3OS. The van der Waals surface area contributed by atoms with E-state index in [2.05, 4.69) is 11.4 Å². The van der Waals surface area contributed by atoms with Crippen LogP contribution in [0.4, 0.5) is 5.00 Å². The van der Waals surface area contributed by atoms with Crippen LogP contribution in [-0.4, -0.2) is 5.91 Å². The van der Waals surface area contributed by atoms with Gasteiger partial charge < -0.3 is 5.32 Å². The molecular weight excluding hydrogens is 366 g/mol. The van der Waals surface area contributed by atoms with Crippen LogP contribution in [0.25, 0.3) is 16.8 Å². The second-order valence-electron chi connectivity index (χ2n) is 6.76. The van der Waals surface area contributed by atoms with Gasteiger partial charge in [0.25, 0.3) is 5.91 Å². The molecule has 0 unspecified atom stereocenters. The molecule has 0 saturated heterocycles. The molecule has 5 heteroatoms. The van der Waals surface area contributed by atoms with E-state index >= 15 is 0 Å². The number of anilines is 1. The van der Waals surface area contributed by atoms with Crippen molar-refractivity contribution in [3.05, 3.63) is 69.6 Å². The van der Waals surface area contributed by atoms with Gasteiger partial charge in [-0.25, -0.2) is 0 Å². The second-order valence-corrected chi connectivity index (χ2v) is 7.86. The Balaban J connectivity index is 1.63. The highest BCUT2D eigenvalue weighted by molar-refractivity contribution is 7.16. The van der Waals surface area contributed by atoms with E-state index in [0.717, 1.165) is 47.6 Å². The largest absolute Gasteiger partial charge is 0.312 e. The number of carbonyl (C=O) groups excluding carboxylic acids is 1. The van der Waals surface area contributed by atoms with E-state index in [0.29, 0.717) is 10.6 Å². The van der Waals surface area contributed by atoms with Crippen LogP contribution in [0, 0.1) is 22.7 Å². The normalized spacial score (nSPS) is 13.4. The average molecular weight is 383 g/mol. The molecule has 28 heavy (non-hydrogen) atoms. The number of amides is 1. The first kappa shape index (κ1) is 18.0. The first-order valence-corrected chi connectivity index (χ1v) is 9.98. The summed E-state index contributed by atoms with van der Waals surface area (Å²) >= 11 is 1.46. The SMILES string of the molecule is N#C/C(=C\c1ccc2ccccc2c1)C(=O)Nc1sc2c(c1C#N)CCCC2. The second kappa shape index (κ2) is 7.68. The van der Waals surface area contributed by atoms with Gasteiger partial charge in [0, 0.05) is 4.88 Å². The summed E-state index contributed by atoms with van der Waals surface area (Å²) in [6.07, 6.45) is 5.58. The predicted octanol–water partition coefficient (Wildman–Crippen LogP) is 5.20. The van der Waals surface area contributed by atoms with Crippen molar-refractivity contribution in [2.45, 2.75) is 25.7 Å². The molecule has 4 rings (SSSR count). The van der Waals surface area contributed by atoms with Gasteiger partial charge in [-0.15, -0.1) is 11.3 Å². The fourth-order valence-electron chi connectivity index (χ4n) is 3.56. The molecule has 4 nitrogen and oxygen atoms in total. The number of hydrogen-bond acceptors (Lipinski definition) is 4. The molecule has 0 radical (unpaired) electrons. The van der Waals surface area contributed by atoms with Crippen LogP contribution in [0.3, 0.4) is 0 Å².